The van der Waals surface area contributed by atoms with E-state index in [1.807, 2.05) is 48.5 Å². The van der Waals surface area contributed by atoms with Crippen molar-refractivity contribution in [3.63, 3.8) is 0 Å². The van der Waals surface area contributed by atoms with Crippen LogP contribution in [0.1, 0.15) is 76.0 Å². The molecule has 0 amide bonds. The van der Waals surface area contributed by atoms with Gasteiger partial charge in [0, 0.05) is 31.3 Å². The van der Waals surface area contributed by atoms with Crippen LogP contribution >= 0.6 is 11.8 Å². The van der Waals surface area contributed by atoms with Crippen LogP contribution in [0.25, 0.3) is 38.1 Å². The van der Waals surface area contributed by atoms with E-state index >= 15 is 0 Å². The molecular formula is C41H36BNO2S. The number of pyridine rings is 2. The van der Waals surface area contributed by atoms with Crippen LogP contribution in [0, 0.1) is 0 Å². The summed E-state index contributed by atoms with van der Waals surface area (Å²) < 4.78 is 2.18. The standard InChI is InChI=1S/C41H36BNO2S/c1-22(2)25-19-28(23(3)4)37(29(20-25)24(5)6)42-31-15-9-12-18-34(31)46-35-21-30-39-36(38(35)42)41(45)27-14-8-11-17-33(27)43(39)32-16-10-7-13-26(32)40(30)44/h7-24H,1-6H3. The Morgan fingerprint density at radius 1 is 0.587 bits per heavy atom. The molecule has 0 aliphatic carbocycles. The fourth-order valence-corrected chi connectivity index (χ4v) is 8.97. The molecule has 0 bridgehead atoms. The number of benzene rings is 5. The first-order chi connectivity index (χ1) is 22.2. The van der Waals surface area contributed by atoms with Gasteiger partial charge >= 0.3 is 0 Å². The fraction of sp³-hybridized carbons (Fsp3) is 0.220. The van der Waals surface area contributed by atoms with E-state index in [1.54, 1.807) is 11.8 Å². The summed E-state index contributed by atoms with van der Waals surface area (Å²) in [5, 5.41) is 2.60. The molecule has 0 atom stereocenters. The Balaban J connectivity index is 1.65. The maximum Gasteiger partial charge on any atom is 0.245 e. The third-order valence-electron chi connectivity index (χ3n) is 9.98. The zero-order valence-corrected chi connectivity index (χ0v) is 28.0. The fourth-order valence-electron chi connectivity index (χ4n) is 7.77. The van der Waals surface area contributed by atoms with Gasteiger partial charge in [-0.3, -0.25) is 9.59 Å². The van der Waals surface area contributed by atoms with Gasteiger partial charge in [-0.1, -0.05) is 119 Å². The van der Waals surface area contributed by atoms with Crippen molar-refractivity contribution in [2.45, 2.75) is 69.1 Å². The summed E-state index contributed by atoms with van der Waals surface area (Å²) in [4.78, 5) is 31.4. The Labute approximate surface area is 273 Å². The van der Waals surface area contributed by atoms with Crippen LogP contribution in [-0.2, 0) is 0 Å². The summed E-state index contributed by atoms with van der Waals surface area (Å²) in [7, 11) is 0. The van der Waals surface area contributed by atoms with E-state index in [2.05, 4.69) is 88.4 Å². The maximum atomic E-state index is 15.0. The van der Waals surface area contributed by atoms with Crippen LogP contribution in [0.2, 0.25) is 0 Å². The number of fused-ring (bicyclic) bond motifs is 7. The normalized spacial score (nSPS) is 13.2. The summed E-state index contributed by atoms with van der Waals surface area (Å²) >= 11 is 1.69. The molecule has 0 spiro atoms. The first-order valence-corrected chi connectivity index (χ1v) is 17.2. The summed E-state index contributed by atoms with van der Waals surface area (Å²) in [6, 6.07) is 31.2. The van der Waals surface area contributed by atoms with Gasteiger partial charge in [0.15, 0.2) is 10.9 Å². The van der Waals surface area contributed by atoms with Crippen molar-refractivity contribution in [1.82, 2.24) is 4.40 Å². The minimum Gasteiger partial charge on any atom is -0.308 e. The van der Waals surface area contributed by atoms with Crippen LogP contribution < -0.4 is 27.2 Å². The molecule has 3 heterocycles. The molecule has 5 heteroatoms. The highest BCUT2D eigenvalue weighted by atomic mass is 32.2. The first-order valence-electron chi connectivity index (χ1n) is 16.4. The summed E-state index contributed by atoms with van der Waals surface area (Å²) in [6.45, 7) is 13.5. The SMILES string of the molecule is CC(C)c1cc(C(C)C)c(B2c3ccccc3Sc3cc4c(=O)c5ccccc5n5c6ccccc6c(=O)c(c32)c45)c(C(C)C)c1. The lowest BCUT2D eigenvalue weighted by Gasteiger charge is -2.33. The topological polar surface area (TPSA) is 38.5 Å². The van der Waals surface area contributed by atoms with Crippen LogP contribution in [0.5, 0.6) is 0 Å². The van der Waals surface area contributed by atoms with Crippen molar-refractivity contribution < 1.29 is 0 Å². The van der Waals surface area contributed by atoms with Crippen LogP contribution in [0.3, 0.4) is 0 Å². The number of hydrogen-bond acceptors (Lipinski definition) is 3. The van der Waals surface area contributed by atoms with Gasteiger partial charge in [0.2, 0.25) is 6.71 Å². The summed E-state index contributed by atoms with van der Waals surface area (Å²) in [5.41, 5.74) is 9.92. The molecule has 0 unspecified atom stereocenters. The zero-order valence-electron chi connectivity index (χ0n) is 27.1. The largest absolute Gasteiger partial charge is 0.308 e. The number of para-hydroxylation sites is 2. The average molecular weight is 618 g/mol. The molecule has 0 fully saturated rings. The lowest BCUT2D eigenvalue weighted by molar-refractivity contribution is 0.812. The molecule has 226 valence electrons. The van der Waals surface area contributed by atoms with Gasteiger partial charge in [-0.2, -0.15) is 0 Å². The van der Waals surface area contributed by atoms with Crippen molar-refractivity contribution in [2.24, 2.45) is 0 Å². The maximum absolute atomic E-state index is 15.0. The molecule has 46 heavy (non-hydrogen) atoms. The zero-order chi connectivity index (χ0) is 32.0. The number of hydrogen-bond donors (Lipinski definition) is 0. The van der Waals surface area contributed by atoms with Gasteiger partial charge in [0.1, 0.15) is 0 Å². The Hall–Kier alpha value is -4.35. The van der Waals surface area contributed by atoms with Crippen molar-refractivity contribution >= 4 is 73.0 Å². The van der Waals surface area contributed by atoms with Gasteiger partial charge in [0.05, 0.1) is 16.6 Å². The quantitative estimate of drug-likeness (QED) is 0.115. The molecule has 1 aliphatic rings. The highest BCUT2D eigenvalue weighted by molar-refractivity contribution is 8.00. The number of rotatable bonds is 4. The van der Waals surface area contributed by atoms with Crippen molar-refractivity contribution in [3.8, 4) is 0 Å². The summed E-state index contributed by atoms with van der Waals surface area (Å²) in [6.07, 6.45) is 0. The summed E-state index contributed by atoms with van der Waals surface area (Å²) in [5.74, 6) is 0.968. The third kappa shape index (κ3) is 4.07. The Morgan fingerprint density at radius 3 is 1.76 bits per heavy atom. The van der Waals surface area contributed by atoms with E-state index in [-0.39, 0.29) is 29.4 Å². The molecular weight excluding hydrogens is 581 g/mol. The molecule has 5 aromatic carbocycles. The van der Waals surface area contributed by atoms with Gasteiger partial charge in [-0.15, -0.1) is 0 Å². The second kappa shape index (κ2) is 10.6. The molecule has 8 rings (SSSR count). The van der Waals surface area contributed by atoms with E-state index in [0.29, 0.717) is 27.5 Å². The van der Waals surface area contributed by atoms with E-state index < -0.39 is 0 Å². The van der Waals surface area contributed by atoms with Crippen LogP contribution in [0.4, 0.5) is 0 Å². The lowest BCUT2D eigenvalue weighted by Crippen LogP contribution is -2.58. The molecule has 3 nitrogen and oxygen atoms in total. The monoisotopic (exact) mass is 617 g/mol. The second-order valence-electron chi connectivity index (χ2n) is 13.7. The van der Waals surface area contributed by atoms with Crippen molar-refractivity contribution in [1.29, 1.82) is 0 Å². The van der Waals surface area contributed by atoms with Crippen molar-refractivity contribution in [3.05, 3.63) is 128 Å². The van der Waals surface area contributed by atoms with Gasteiger partial charge in [-0.05, 0) is 76.3 Å². The van der Waals surface area contributed by atoms with Gasteiger partial charge < -0.3 is 4.40 Å². The molecule has 2 aromatic heterocycles. The van der Waals surface area contributed by atoms with E-state index in [1.165, 1.54) is 32.5 Å². The molecule has 0 N–H and O–H groups in total. The van der Waals surface area contributed by atoms with Crippen LogP contribution in [0.15, 0.2) is 110 Å². The van der Waals surface area contributed by atoms with Gasteiger partial charge in [0.25, 0.3) is 0 Å². The first kappa shape index (κ1) is 29.1. The Kier molecular flexibility index (Phi) is 6.70. The smallest absolute Gasteiger partial charge is 0.245 e. The van der Waals surface area contributed by atoms with E-state index in [4.69, 9.17) is 0 Å². The highest BCUT2D eigenvalue weighted by Crippen LogP contribution is 2.37. The number of nitrogens with zero attached hydrogens (tertiary/aromatic N) is 1. The second-order valence-corrected chi connectivity index (χ2v) is 14.8. The predicted octanol–water partition coefficient (Wildman–Crippen LogP) is 7.91. The molecule has 0 saturated heterocycles. The average Bonchev–Trinajstić information content (AvgIpc) is 3.05. The van der Waals surface area contributed by atoms with Crippen molar-refractivity contribution in [2.75, 3.05) is 0 Å². The minimum absolute atomic E-state index is 0.00638. The third-order valence-corrected chi connectivity index (χ3v) is 11.1. The molecule has 7 aromatic rings. The van der Waals surface area contributed by atoms with Gasteiger partial charge in [-0.25, -0.2) is 0 Å². The van der Waals surface area contributed by atoms with Crippen LogP contribution in [-0.4, -0.2) is 11.1 Å². The lowest BCUT2D eigenvalue weighted by atomic mass is 9.34. The highest BCUT2D eigenvalue weighted by Gasteiger charge is 2.38. The molecule has 0 radical (unpaired) electrons. The minimum atomic E-state index is -0.160. The number of aromatic nitrogens is 1. The Bertz CT molecular complexity index is 2450. The predicted molar refractivity (Wildman–Crippen MR) is 198 cm³/mol. The Morgan fingerprint density at radius 2 is 1.15 bits per heavy atom. The van der Waals surface area contributed by atoms with E-state index in [0.717, 1.165) is 26.9 Å². The molecule has 1 aliphatic heterocycles. The molecule has 0 saturated carbocycles. The van der Waals surface area contributed by atoms with E-state index in [9.17, 15) is 9.59 Å².